The Morgan fingerprint density at radius 2 is 1.88 bits per heavy atom. The Bertz CT molecular complexity index is 719. The smallest absolute Gasteiger partial charge is 0.407 e. The summed E-state index contributed by atoms with van der Waals surface area (Å²) >= 11 is 0. The van der Waals surface area contributed by atoms with E-state index < -0.39 is 6.09 Å². The van der Waals surface area contributed by atoms with Gasteiger partial charge in [-0.3, -0.25) is 4.79 Å². The second-order valence-corrected chi connectivity index (χ2v) is 5.62. The first kappa shape index (κ1) is 17.6. The highest BCUT2D eigenvalue weighted by Crippen LogP contribution is 2.24. The van der Waals surface area contributed by atoms with Crippen molar-refractivity contribution in [2.75, 3.05) is 12.4 Å². The number of methoxy groups -OCH3 is 1. The van der Waals surface area contributed by atoms with E-state index >= 15 is 0 Å². The van der Waals surface area contributed by atoms with E-state index in [2.05, 4.69) is 15.4 Å². The standard InChI is InChI=1S/C18H22N2O4/c1-11-9-16(13(3)24-11)12(2)17(21)20-15-7-5-14(6-8-15)10-19-18(22)23-4/h5-9,12H,10H2,1-4H3,(H,19,22)(H,20,21)/t12-/m1/s1. The van der Waals surface area contributed by atoms with Gasteiger partial charge in [0, 0.05) is 17.8 Å². The molecule has 2 aromatic rings. The Hall–Kier alpha value is -2.76. The molecule has 0 aliphatic rings. The number of benzene rings is 1. The Balaban J connectivity index is 1.96. The van der Waals surface area contributed by atoms with Crippen molar-refractivity contribution in [3.63, 3.8) is 0 Å². The van der Waals surface area contributed by atoms with Crippen LogP contribution >= 0.6 is 0 Å². The van der Waals surface area contributed by atoms with E-state index in [0.29, 0.717) is 12.2 Å². The molecule has 0 fully saturated rings. The van der Waals surface area contributed by atoms with Crippen LogP contribution in [0.1, 0.15) is 35.5 Å². The first-order valence-corrected chi connectivity index (χ1v) is 7.69. The number of carbonyl (C=O) groups is 2. The molecule has 1 aromatic heterocycles. The number of hydrogen-bond acceptors (Lipinski definition) is 4. The lowest BCUT2D eigenvalue weighted by Crippen LogP contribution is -2.22. The van der Waals surface area contributed by atoms with Gasteiger partial charge in [-0.1, -0.05) is 12.1 Å². The average Bonchev–Trinajstić information content (AvgIpc) is 2.91. The maximum Gasteiger partial charge on any atom is 0.407 e. The summed E-state index contributed by atoms with van der Waals surface area (Å²) in [6, 6.07) is 9.16. The van der Waals surface area contributed by atoms with Crippen LogP contribution < -0.4 is 10.6 Å². The Kier molecular flexibility index (Phi) is 5.63. The van der Waals surface area contributed by atoms with Gasteiger partial charge < -0.3 is 19.8 Å². The van der Waals surface area contributed by atoms with Gasteiger partial charge in [0.05, 0.1) is 13.0 Å². The fourth-order valence-electron chi connectivity index (χ4n) is 2.42. The molecule has 6 heteroatoms. The molecular weight excluding hydrogens is 308 g/mol. The van der Waals surface area contributed by atoms with Crippen LogP contribution in [-0.2, 0) is 16.1 Å². The molecule has 24 heavy (non-hydrogen) atoms. The molecule has 2 rings (SSSR count). The molecule has 0 saturated heterocycles. The topological polar surface area (TPSA) is 80.6 Å². The monoisotopic (exact) mass is 330 g/mol. The van der Waals surface area contributed by atoms with Crippen LogP contribution in [0, 0.1) is 13.8 Å². The minimum Gasteiger partial charge on any atom is -0.466 e. The zero-order valence-corrected chi connectivity index (χ0v) is 14.3. The minimum atomic E-state index is -0.480. The van der Waals surface area contributed by atoms with E-state index in [0.717, 1.165) is 22.6 Å². The van der Waals surface area contributed by atoms with Gasteiger partial charge in [0.15, 0.2) is 0 Å². The molecule has 0 saturated carbocycles. The van der Waals surface area contributed by atoms with Crippen molar-refractivity contribution in [2.24, 2.45) is 0 Å². The number of alkyl carbamates (subject to hydrolysis) is 1. The number of aryl methyl sites for hydroxylation is 2. The molecule has 1 aromatic carbocycles. The number of nitrogens with one attached hydrogen (secondary N) is 2. The van der Waals surface area contributed by atoms with Gasteiger partial charge >= 0.3 is 6.09 Å². The lowest BCUT2D eigenvalue weighted by molar-refractivity contribution is -0.117. The summed E-state index contributed by atoms with van der Waals surface area (Å²) in [4.78, 5) is 23.4. The number of hydrogen-bond donors (Lipinski definition) is 2. The summed E-state index contributed by atoms with van der Waals surface area (Å²) in [5, 5.41) is 5.49. The zero-order chi connectivity index (χ0) is 17.7. The molecule has 6 nitrogen and oxygen atoms in total. The summed E-state index contributed by atoms with van der Waals surface area (Å²) in [7, 11) is 1.32. The first-order chi connectivity index (χ1) is 11.4. The van der Waals surface area contributed by atoms with Crippen LogP contribution in [0.2, 0.25) is 0 Å². The van der Waals surface area contributed by atoms with Crippen LogP contribution in [-0.4, -0.2) is 19.1 Å². The van der Waals surface area contributed by atoms with Crippen molar-refractivity contribution in [1.82, 2.24) is 5.32 Å². The second-order valence-electron chi connectivity index (χ2n) is 5.62. The van der Waals surface area contributed by atoms with Gasteiger partial charge in [0.25, 0.3) is 0 Å². The van der Waals surface area contributed by atoms with Crippen LogP contribution in [0.3, 0.4) is 0 Å². The van der Waals surface area contributed by atoms with E-state index in [9.17, 15) is 9.59 Å². The van der Waals surface area contributed by atoms with Crippen molar-refractivity contribution in [2.45, 2.75) is 33.2 Å². The molecule has 0 spiro atoms. The van der Waals surface area contributed by atoms with Gasteiger partial charge in [0.2, 0.25) is 5.91 Å². The van der Waals surface area contributed by atoms with Crippen molar-refractivity contribution >= 4 is 17.7 Å². The fourth-order valence-corrected chi connectivity index (χ4v) is 2.42. The molecule has 1 atom stereocenters. The van der Waals surface area contributed by atoms with Gasteiger partial charge in [-0.15, -0.1) is 0 Å². The summed E-state index contributed by atoms with van der Waals surface area (Å²) < 4.78 is 10.00. The third-order valence-electron chi connectivity index (χ3n) is 3.78. The summed E-state index contributed by atoms with van der Waals surface area (Å²) in [5.41, 5.74) is 2.50. The van der Waals surface area contributed by atoms with Crippen LogP contribution in [0.4, 0.5) is 10.5 Å². The molecule has 1 heterocycles. The summed E-state index contributed by atoms with van der Waals surface area (Å²) in [6.07, 6.45) is -0.480. The molecular formula is C18H22N2O4. The highest BCUT2D eigenvalue weighted by Gasteiger charge is 2.20. The average molecular weight is 330 g/mol. The SMILES string of the molecule is COC(=O)NCc1ccc(NC(=O)[C@H](C)c2cc(C)oc2C)cc1. The molecule has 0 aliphatic heterocycles. The maximum absolute atomic E-state index is 12.4. The first-order valence-electron chi connectivity index (χ1n) is 7.69. The molecule has 0 radical (unpaired) electrons. The fraction of sp³-hybridized carbons (Fsp3) is 0.333. The molecule has 2 N–H and O–H groups in total. The van der Waals surface area contributed by atoms with E-state index in [1.807, 2.05) is 39.0 Å². The van der Waals surface area contributed by atoms with E-state index in [1.54, 1.807) is 12.1 Å². The highest BCUT2D eigenvalue weighted by atomic mass is 16.5. The quantitative estimate of drug-likeness (QED) is 0.879. The van der Waals surface area contributed by atoms with Gasteiger partial charge in [0.1, 0.15) is 11.5 Å². The zero-order valence-electron chi connectivity index (χ0n) is 14.3. The minimum absolute atomic E-state index is 0.0978. The van der Waals surface area contributed by atoms with Crippen molar-refractivity contribution in [3.8, 4) is 0 Å². The van der Waals surface area contributed by atoms with Crippen molar-refractivity contribution in [1.29, 1.82) is 0 Å². The van der Waals surface area contributed by atoms with Crippen LogP contribution in [0.15, 0.2) is 34.7 Å². The van der Waals surface area contributed by atoms with E-state index in [4.69, 9.17) is 4.42 Å². The predicted octanol–water partition coefficient (Wildman–Crippen LogP) is 3.49. The van der Waals surface area contributed by atoms with Gasteiger partial charge in [-0.25, -0.2) is 4.79 Å². The van der Waals surface area contributed by atoms with Crippen molar-refractivity contribution < 1.29 is 18.7 Å². The number of carbonyl (C=O) groups excluding carboxylic acids is 2. The van der Waals surface area contributed by atoms with Crippen LogP contribution in [0.25, 0.3) is 0 Å². The van der Waals surface area contributed by atoms with E-state index in [1.165, 1.54) is 7.11 Å². The molecule has 2 amide bonds. The molecule has 128 valence electrons. The van der Waals surface area contributed by atoms with Gasteiger partial charge in [-0.05, 0) is 44.5 Å². The van der Waals surface area contributed by atoms with Gasteiger partial charge in [-0.2, -0.15) is 0 Å². The lowest BCUT2D eigenvalue weighted by Gasteiger charge is -2.12. The number of amides is 2. The van der Waals surface area contributed by atoms with Crippen LogP contribution in [0.5, 0.6) is 0 Å². The van der Waals surface area contributed by atoms with E-state index in [-0.39, 0.29) is 11.8 Å². The maximum atomic E-state index is 12.4. The Labute approximate surface area is 141 Å². The third-order valence-corrected chi connectivity index (χ3v) is 3.78. The molecule has 0 bridgehead atoms. The Morgan fingerprint density at radius 1 is 1.21 bits per heavy atom. The number of anilines is 1. The predicted molar refractivity (Wildman–Crippen MR) is 90.9 cm³/mol. The van der Waals surface area contributed by atoms with Crippen molar-refractivity contribution in [3.05, 3.63) is 53.0 Å². The Morgan fingerprint density at radius 3 is 2.42 bits per heavy atom. The largest absolute Gasteiger partial charge is 0.466 e. The molecule has 0 aliphatic carbocycles. The highest BCUT2D eigenvalue weighted by molar-refractivity contribution is 5.95. The number of ether oxygens (including phenoxy) is 1. The lowest BCUT2D eigenvalue weighted by atomic mass is 10.0. The summed E-state index contributed by atoms with van der Waals surface area (Å²) in [6.45, 7) is 5.93. The second kappa shape index (κ2) is 7.68. The number of rotatable bonds is 5. The summed E-state index contributed by atoms with van der Waals surface area (Å²) in [5.74, 6) is 1.16. The third kappa shape index (κ3) is 4.38. The molecule has 0 unspecified atom stereocenters. The number of furan rings is 1. The normalized spacial score (nSPS) is 11.7.